The molecule has 0 aliphatic carbocycles. The first-order valence-corrected chi connectivity index (χ1v) is 8.47. The molecule has 1 aromatic carbocycles. The SMILES string of the molecule is CCOC(=O)C1=NN(C(C)=O)C2(CC(=O)N(c3ccc(Cl)c(F)c3)C2=O)C1. The highest BCUT2D eigenvalue weighted by Crippen LogP contribution is 2.41. The number of esters is 1. The van der Waals surface area contributed by atoms with E-state index in [0.717, 1.165) is 16.0 Å². The normalized spacial score (nSPS) is 21.9. The highest BCUT2D eigenvalue weighted by atomic mass is 35.5. The maximum absolute atomic E-state index is 13.8. The van der Waals surface area contributed by atoms with Crippen LogP contribution in [-0.2, 0) is 23.9 Å². The number of ether oxygens (including phenoxy) is 1. The summed E-state index contributed by atoms with van der Waals surface area (Å²) in [6.07, 6.45) is -0.648. The van der Waals surface area contributed by atoms with E-state index < -0.39 is 35.0 Å². The zero-order chi connectivity index (χ0) is 19.9. The lowest BCUT2D eigenvalue weighted by Crippen LogP contribution is -2.51. The Hall–Kier alpha value is -2.81. The zero-order valence-electron chi connectivity index (χ0n) is 14.5. The van der Waals surface area contributed by atoms with Gasteiger partial charge in [0, 0.05) is 13.3 Å². The number of hydrogen-bond donors (Lipinski definition) is 0. The third-order valence-corrected chi connectivity index (χ3v) is 4.66. The number of benzene rings is 1. The van der Waals surface area contributed by atoms with Crippen LogP contribution in [0.15, 0.2) is 23.3 Å². The molecule has 0 radical (unpaired) electrons. The molecular weight excluding hydrogens is 381 g/mol. The van der Waals surface area contributed by atoms with Crippen LogP contribution < -0.4 is 4.90 Å². The number of hydrazone groups is 1. The predicted molar refractivity (Wildman–Crippen MR) is 92.5 cm³/mol. The van der Waals surface area contributed by atoms with E-state index in [2.05, 4.69) is 5.10 Å². The van der Waals surface area contributed by atoms with Gasteiger partial charge in [0.05, 0.1) is 23.7 Å². The van der Waals surface area contributed by atoms with Gasteiger partial charge in [-0.1, -0.05) is 11.6 Å². The monoisotopic (exact) mass is 395 g/mol. The lowest BCUT2D eigenvalue weighted by molar-refractivity contribution is -0.141. The Kier molecular flexibility index (Phi) is 4.73. The largest absolute Gasteiger partial charge is 0.461 e. The summed E-state index contributed by atoms with van der Waals surface area (Å²) in [5.41, 5.74) is -1.81. The van der Waals surface area contributed by atoms with Crippen LogP contribution in [0.5, 0.6) is 0 Å². The number of carbonyl (C=O) groups excluding carboxylic acids is 4. The summed E-state index contributed by atoms with van der Waals surface area (Å²) in [7, 11) is 0. The number of carbonyl (C=O) groups is 4. The number of rotatable bonds is 3. The lowest BCUT2D eigenvalue weighted by atomic mass is 9.91. The third-order valence-electron chi connectivity index (χ3n) is 4.35. The first-order chi connectivity index (χ1) is 12.7. The molecule has 3 amide bonds. The fraction of sp³-hybridized carbons (Fsp3) is 0.353. The smallest absolute Gasteiger partial charge is 0.354 e. The summed E-state index contributed by atoms with van der Waals surface area (Å²) in [4.78, 5) is 50.5. The molecule has 1 atom stereocenters. The Labute approximate surface area is 158 Å². The van der Waals surface area contributed by atoms with Crippen LogP contribution in [0, 0.1) is 5.82 Å². The van der Waals surface area contributed by atoms with E-state index in [-0.39, 0.29) is 35.9 Å². The van der Waals surface area contributed by atoms with Gasteiger partial charge in [0.2, 0.25) is 11.8 Å². The minimum Gasteiger partial charge on any atom is -0.461 e. The van der Waals surface area contributed by atoms with E-state index in [9.17, 15) is 23.6 Å². The molecular formula is C17H15ClFN3O5. The Bertz CT molecular complexity index is 903. The van der Waals surface area contributed by atoms with Gasteiger partial charge in [-0.2, -0.15) is 5.10 Å². The number of halogens is 2. The highest BCUT2D eigenvalue weighted by molar-refractivity contribution is 6.39. The second-order valence-electron chi connectivity index (χ2n) is 6.12. The summed E-state index contributed by atoms with van der Waals surface area (Å²) in [6, 6.07) is 3.49. The molecule has 27 heavy (non-hydrogen) atoms. The number of anilines is 1. The summed E-state index contributed by atoms with van der Waals surface area (Å²) >= 11 is 5.64. The molecule has 1 saturated heterocycles. The lowest BCUT2D eigenvalue weighted by Gasteiger charge is -2.28. The molecule has 0 aromatic heterocycles. The summed E-state index contributed by atoms with van der Waals surface area (Å²) in [6.45, 7) is 2.86. The maximum atomic E-state index is 13.8. The van der Waals surface area contributed by atoms with Gasteiger partial charge in [0.1, 0.15) is 11.5 Å². The van der Waals surface area contributed by atoms with E-state index in [1.807, 2.05) is 0 Å². The molecule has 8 nitrogen and oxygen atoms in total. The average Bonchev–Trinajstić information content (AvgIpc) is 3.10. The molecule has 1 spiro atoms. The topological polar surface area (TPSA) is 96.3 Å². The van der Waals surface area contributed by atoms with Gasteiger partial charge in [-0.05, 0) is 25.1 Å². The fourth-order valence-electron chi connectivity index (χ4n) is 3.22. The zero-order valence-corrected chi connectivity index (χ0v) is 15.2. The number of amides is 3. The Morgan fingerprint density at radius 1 is 1.33 bits per heavy atom. The molecule has 10 heteroatoms. The predicted octanol–water partition coefficient (Wildman–Crippen LogP) is 1.65. The second kappa shape index (κ2) is 6.73. The van der Waals surface area contributed by atoms with Crippen molar-refractivity contribution in [3.05, 3.63) is 29.0 Å². The molecule has 2 aliphatic rings. The minimum atomic E-state index is -1.67. The maximum Gasteiger partial charge on any atom is 0.354 e. The first kappa shape index (κ1) is 19.0. The van der Waals surface area contributed by atoms with Crippen molar-refractivity contribution in [2.24, 2.45) is 5.10 Å². The van der Waals surface area contributed by atoms with Crippen molar-refractivity contribution >= 4 is 46.7 Å². The van der Waals surface area contributed by atoms with Gasteiger partial charge in [-0.25, -0.2) is 19.1 Å². The average molecular weight is 396 g/mol. The first-order valence-electron chi connectivity index (χ1n) is 8.09. The Balaban J connectivity index is 2.00. The van der Waals surface area contributed by atoms with Crippen molar-refractivity contribution in [3.8, 4) is 0 Å². The third kappa shape index (κ3) is 2.97. The summed E-state index contributed by atoms with van der Waals surface area (Å²) in [5, 5.41) is 4.60. The molecule has 2 aliphatic heterocycles. The van der Waals surface area contributed by atoms with Crippen LogP contribution in [0.25, 0.3) is 0 Å². The number of hydrogen-bond acceptors (Lipinski definition) is 6. The quantitative estimate of drug-likeness (QED) is 0.572. The molecule has 142 valence electrons. The highest BCUT2D eigenvalue weighted by Gasteiger charge is 2.61. The van der Waals surface area contributed by atoms with Crippen LogP contribution in [-0.4, -0.2) is 46.6 Å². The Morgan fingerprint density at radius 3 is 2.63 bits per heavy atom. The minimum absolute atomic E-state index is 0.0168. The van der Waals surface area contributed by atoms with Gasteiger partial charge in [0.15, 0.2) is 5.54 Å². The molecule has 2 heterocycles. The van der Waals surface area contributed by atoms with Crippen LogP contribution in [0.1, 0.15) is 26.7 Å². The van der Waals surface area contributed by atoms with Crippen LogP contribution >= 0.6 is 11.6 Å². The van der Waals surface area contributed by atoms with Crippen molar-refractivity contribution in [1.29, 1.82) is 0 Å². The van der Waals surface area contributed by atoms with Gasteiger partial charge in [-0.15, -0.1) is 0 Å². The van der Waals surface area contributed by atoms with Crippen LogP contribution in [0.2, 0.25) is 5.02 Å². The molecule has 1 aromatic rings. The van der Waals surface area contributed by atoms with Crippen molar-refractivity contribution in [3.63, 3.8) is 0 Å². The van der Waals surface area contributed by atoms with Crippen molar-refractivity contribution in [1.82, 2.24) is 5.01 Å². The molecule has 1 fully saturated rings. The summed E-state index contributed by atoms with van der Waals surface area (Å²) in [5.74, 6) is -3.59. The molecule has 3 rings (SSSR count). The number of imide groups is 1. The molecule has 0 N–H and O–H groups in total. The van der Waals surface area contributed by atoms with E-state index in [1.165, 1.54) is 19.1 Å². The number of nitrogens with zero attached hydrogens (tertiary/aromatic N) is 3. The van der Waals surface area contributed by atoms with E-state index >= 15 is 0 Å². The molecule has 1 unspecified atom stereocenters. The van der Waals surface area contributed by atoms with E-state index in [4.69, 9.17) is 16.3 Å². The van der Waals surface area contributed by atoms with Gasteiger partial charge in [-0.3, -0.25) is 14.4 Å². The standard InChI is InChI=1S/C17H15ClFN3O5/c1-3-27-15(25)13-7-17(22(20-13)9(2)23)8-14(24)21(16(17)26)10-4-5-11(18)12(19)6-10/h4-6H,3,7-8H2,1-2H3. The van der Waals surface area contributed by atoms with Crippen LogP contribution in [0.3, 0.4) is 0 Å². The van der Waals surface area contributed by atoms with E-state index in [1.54, 1.807) is 6.92 Å². The van der Waals surface area contributed by atoms with Crippen LogP contribution in [0.4, 0.5) is 10.1 Å². The van der Waals surface area contributed by atoms with Crippen molar-refractivity contribution in [2.45, 2.75) is 32.2 Å². The van der Waals surface area contributed by atoms with Gasteiger partial charge < -0.3 is 4.74 Å². The van der Waals surface area contributed by atoms with Gasteiger partial charge >= 0.3 is 5.97 Å². The molecule has 0 bridgehead atoms. The summed E-state index contributed by atoms with van der Waals surface area (Å²) < 4.78 is 18.7. The van der Waals surface area contributed by atoms with Crippen molar-refractivity contribution in [2.75, 3.05) is 11.5 Å². The fourth-order valence-corrected chi connectivity index (χ4v) is 3.34. The van der Waals surface area contributed by atoms with Gasteiger partial charge in [0.25, 0.3) is 5.91 Å². The molecule has 0 saturated carbocycles. The van der Waals surface area contributed by atoms with Crippen molar-refractivity contribution < 1.29 is 28.3 Å². The Morgan fingerprint density at radius 2 is 2.04 bits per heavy atom. The second-order valence-corrected chi connectivity index (χ2v) is 6.52. The van der Waals surface area contributed by atoms with E-state index in [0.29, 0.717) is 0 Å².